The second-order valence-electron chi connectivity index (χ2n) is 11.6. The van der Waals surface area contributed by atoms with E-state index in [1.807, 2.05) is 12.1 Å². The molecule has 1 aliphatic carbocycles. The van der Waals surface area contributed by atoms with E-state index >= 15 is 0 Å². The number of benzene rings is 7. The van der Waals surface area contributed by atoms with Gasteiger partial charge in [0.1, 0.15) is 5.58 Å². The molecule has 9 rings (SSSR count). The van der Waals surface area contributed by atoms with Gasteiger partial charge in [-0.25, -0.2) is 0 Å². The minimum absolute atomic E-state index is 0.881. The van der Waals surface area contributed by atoms with Gasteiger partial charge in [-0.2, -0.15) is 0 Å². The lowest BCUT2D eigenvalue weighted by Crippen LogP contribution is -2.10. The van der Waals surface area contributed by atoms with Crippen LogP contribution < -0.4 is 4.90 Å². The molecule has 7 aromatic carbocycles. The van der Waals surface area contributed by atoms with E-state index in [0.717, 1.165) is 45.4 Å². The van der Waals surface area contributed by atoms with Crippen LogP contribution in [-0.2, 0) is 0 Å². The van der Waals surface area contributed by atoms with E-state index < -0.39 is 0 Å². The molecule has 0 atom stereocenters. The smallest absolute Gasteiger partial charge is 0.159 e. The molecule has 0 saturated heterocycles. The highest BCUT2D eigenvalue weighted by Gasteiger charge is 2.20. The molecule has 1 aliphatic rings. The first-order chi connectivity index (χ1) is 22.3. The molecule has 0 fully saturated rings. The zero-order valence-corrected chi connectivity index (χ0v) is 24.7. The van der Waals surface area contributed by atoms with Crippen LogP contribution in [0.25, 0.3) is 59.8 Å². The summed E-state index contributed by atoms with van der Waals surface area (Å²) in [5.74, 6) is 0. The number of para-hydroxylation sites is 2. The van der Waals surface area contributed by atoms with Crippen molar-refractivity contribution in [2.45, 2.75) is 6.42 Å². The Balaban J connectivity index is 1.30. The quantitative estimate of drug-likeness (QED) is 0.194. The Labute approximate surface area is 261 Å². The van der Waals surface area contributed by atoms with E-state index in [1.165, 1.54) is 43.5 Å². The van der Waals surface area contributed by atoms with Crippen LogP contribution in [0.15, 0.2) is 168 Å². The maximum Gasteiger partial charge on any atom is 0.159 e. The summed E-state index contributed by atoms with van der Waals surface area (Å²) in [5, 5.41) is 9.81. The summed E-state index contributed by atoms with van der Waals surface area (Å²) < 4.78 is 6.59. The van der Waals surface area contributed by atoms with Crippen molar-refractivity contribution in [2.24, 2.45) is 0 Å². The van der Waals surface area contributed by atoms with Gasteiger partial charge in [-0.1, -0.05) is 127 Å². The van der Waals surface area contributed by atoms with E-state index in [-0.39, 0.29) is 0 Å². The van der Waals surface area contributed by atoms with Gasteiger partial charge in [0.05, 0.1) is 5.69 Å². The number of hydrogen-bond acceptors (Lipinski definition) is 2. The van der Waals surface area contributed by atoms with E-state index in [2.05, 4.69) is 157 Å². The highest BCUT2D eigenvalue weighted by atomic mass is 16.3. The third kappa shape index (κ3) is 4.18. The molecule has 0 spiro atoms. The van der Waals surface area contributed by atoms with Gasteiger partial charge in [-0.3, -0.25) is 0 Å². The van der Waals surface area contributed by atoms with Gasteiger partial charge in [-0.05, 0) is 86.3 Å². The van der Waals surface area contributed by atoms with Crippen LogP contribution in [0.5, 0.6) is 0 Å². The van der Waals surface area contributed by atoms with Crippen LogP contribution in [0.1, 0.15) is 12.0 Å². The van der Waals surface area contributed by atoms with Gasteiger partial charge < -0.3 is 9.32 Å². The maximum absolute atomic E-state index is 6.59. The predicted molar refractivity (Wildman–Crippen MR) is 192 cm³/mol. The molecule has 2 heteroatoms. The third-order valence-electron chi connectivity index (χ3n) is 9.07. The topological polar surface area (TPSA) is 16.4 Å². The third-order valence-corrected chi connectivity index (χ3v) is 9.07. The average Bonchev–Trinajstić information content (AvgIpc) is 3.27. The van der Waals surface area contributed by atoms with Crippen molar-refractivity contribution in [2.75, 3.05) is 4.90 Å². The summed E-state index contributed by atoms with van der Waals surface area (Å²) in [6.07, 6.45) is 11.8. The normalized spacial score (nSPS) is 13.2. The van der Waals surface area contributed by atoms with E-state index in [0.29, 0.717) is 0 Å². The second-order valence-corrected chi connectivity index (χ2v) is 11.6. The summed E-state index contributed by atoms with van der Waals surface area (Å²) in [6.45, 7) is 0. The Hall–Kier alpha value is -5.86. The van der Waals surface area contributed by atoms with Crippen LogP contribution in [0.3, 0.4) is 0 Å². The molecule has 45 heavy (non-hydrogen) atoms. The molecule has 1 aromatic heterocycles. The predicted octanol–water partition coefficient (Wildman–Crippen LogP) is 12.4. The van der Waals surface area contributed by atoms with Gasteiger partial charge in [0, 0.05) is 22.1 Å². The molecule has 0 amide bonds. The van der Waals surface area contributed by atoms with E-state index in [1.54, 1.807) is 0 Å². The molecular formula is C43H29NO. The van der Waals surface area contributed by atoms with Crippen molar-refractivity contribution in [3.63, 3.8) is 0 Å². The van der Waals surface area contributed by atoms with Crippen molar-refractivity contribution in [1.29, 1.82) is 0 Å². The molecule has 1 heterocycles. The molecule has 0 bridgehead atoms. The van der Waals surface area contributed by atoms with Crippen LogP contribution in [0.2, 0.25) is 0 Å². The highest BCUT2D eigenvalue weighted by molar-refractivity contribution is 6.26. The van der Waals surface area contributed by atoms with E-state index in [4.69, 9.17) is 4.42 Å². The number of nitrogens with zero attached hydrogens (tertiary/aromatic N) is 1. The summed E-state index contributed by atoms with van der Waals surface area (Å²) in [7, 11) is 0. The molecular weight excluding hydrogens is 546 g/mol. The van der Waals surface area contributed by atoms with Crippen LogP contribution in [0, 0.1) is 0 Å². The van der Waals surface area contributed by atoms with Gasteiger partial charge in [0.15, 0.2) is 5.58 Å². The summed E-state index contributed by atoms with van der Waals surface area (Å²) in [5.41, 5.74) is 7.39. The standard InChI is InChI=1S/C43H29NO/c1-2-4-13-29(12-3-1)30-22-24-31(25-23-30)44(41-20-11-19-39-38-18-9-10-21-42(38)45-43(39)41)32-26-27-37-35-16-6-5-14-33(35)34-15-7-8-17-36(34)40(37)28-32/h1-3,5-28H,4H2. The van der Waals surface area contributed by atoms with Crippen molar-refractivity contribution in [1.82, 2.24) is 0 Å². The molecule has 212 valence electrons. The number of anilines is 3. The number of furan rings is 1. The number of rotatable bonds is 4. The largest absolute Gasteiger partial charge is 0.454 e. The molecule has 0 aliphatic heterocycles. The first kappa shape index (κ1) is 25.6. The fourth-order valence-electron chi connectivity index (χ4n) is 6.97. The minimum atomic E-state index is 0.881. The van der Waals surface area contributed by atoms with Crippen LogP contribution in [-0.4, -0.2) is 0 Å². The van der Waals surface area contributed by atoms with Gasteiger partial charge in [0.25, 0.3) is 0 Å². The van der Waals surface area contributed by atoms with E-state index in [9.17, 15) is 0 Å². The second kappa shape index (κ2) is 10.4. The average molecular weight is 576 g/mol. The van der Waals surface area contributed by atoms with Crippen LogP contribution >= 0.6 is 0 Å². The summed E-state index contributed by atoms with van der Waals surface area (Å²) >= 11 is 0. The van der Waals surface area contributed by atoms with Gasteiger partial charge in [0.2, 0.25) is 0 Å². The minimum Gasteiger partial charge on any atom is -0.454 e. The van der Waals surface area contributed by atoms with Gasteiger partial charge in [-0.15, -0.1) is 0 Å². The summed E-state index contributed by atoms with van der Waals surface area (Å²) in [4.78, 5) is 2.34. The lowest BCUT2D eigenvalue weighted by Gasteiger charge is -2.26. The van der Waals surface area contributed by atoms with Crippen molar-refractivity contribution < 1.29 is 4.42 Å². The Morgan fingerprint density at radius 1 is 0.489 bits per heavy atom. The molecule has 0 unspecified atom stereocenters. The fraction of sp³-hybridized carbons (Fsp3) is 0.0233. The fourth-order valence-corrected chi connectivity index (χ4v) is 6.97. The van der Waals surface area contributed by atoms with Crippen LogP contribution in [0.4, 0.5) is 17.1 Å². The lowest BCUT2D eigenvalue weighted by atomic mass is 9.94. The van der Waals surface area contributed by atoms with Crippen molar-refractivity contribution >= 4 is 76.9 Å². The number of hydrogen-bond donors (Lipinski definition) is 0. The zero-order valence-electron chi connectivity index (χ0n) is 24.7. The Morgan fingerprint density at radius 3 is 1.87 bits per heavy atom. The highest BCUT2D eigenvalue weighted by Crippen LogP contribution is 2.44. The monoisotopic (exact) mass is 575 g/mol. The molecule has 2 nitrogen and oxygen atoms in total. The van der Waals surface area contributed by atoms with Crippen molar-refractivity contribution in [3.8, 4) is 0 Å². The first-order valence-electron chi connectivity index (χ1n) is 15.5. The molecule has 0 radical (unpaired) electrons. The Bertz CT molecular complexity index is 2470. The first-order valence-corrected chi connectivity index (χ1v) is 15.5. The molecule has 8 aromatic rings. The zero-order chi connectivity index (χ0) is 29.7. The number of allylic oxidation sites excluding steroid dienone is 6. The molecule has 0 saturated carbocycles. The Morgan fingerprint density at radius 2 is 1.11 bits per heavy atom. The van der Waals surface area contributed by atoms with Gasteiger partial charge >= 0.3 is 0 Å². The SMILES string of the molecule is C1=CCC=C(c2ccc(N(c3ccc4c5ccccc5c5ccccc5c4c3)c3cccc4c3oc3ccccc34)cc2)C=C1. The maximum atomic E-state index is 6.59. The molecule has 0 N–H and O–H groups in total. The lowest BCUT2D eigenvalue weighted by molar-refractivity contribution is 0.669. The summed E-state index contributed by atoms with van der Waals surface area (Å²) in [6, 6.07) is 48.1. The number of fused-ring (bicyclic) bond motifs is 9. The Kier molecular flexibility index (Phi) is 5.92. The van der Waals surface area contributed by atoms with Crippen molar-refractivity contribution in [3.05, 3.63) is 169 Å².